The van der Waals surface area contributed by atoms with E-state index in [-0.39, 0.29) is 17.5 Å². The second kappa shape index (κ2) is 7.51. The first-order valence-electron chi connectivity index (χ1n) is 8.44. The minimum Gasteiger partial charge on any atom is -0.474 e. The lowest BCUT2D eigenvalue weighted by Crippen LogP contribution is -2.39. The zero-order chi connectivity index (χ0) is 18.7. The number of benzene rings is 2. The predicted octanol–water partition coefficient (Wildman–Crippen LogP) is 3.70. The van der Waals surface area contributed by atoms with E-state index in [1.165, 1.54) is 12.5 Å². The molecule has 2 atom stereocenters. The van der Waals surface area contributed by atoms with Gasteiger partial charge in [0, 0.05) is 12.1 Å². The standard InChI is InChI=1S/C19H19FN2O4/c1-12(26-18-11-14(20)9-10-17(18)22(24)25)19(23)21-16-8-4-6-13-5-2-3-7-15(13)16/h2-3,5,7,9-12,16H,4,6,8H2,1H3,(H,21,23)/t12-,16+/m1/s1. The lowest BCUT2D eigenvalue weighted by Gasteiger charge is -2.27. The van der Waals surface area contributed by atoms with Gasteiger partial charge in [-0.25, -0.2) is 4.39 Å². The molecule has 6 nitrogen and oxygen atoms in total. The Bertz CT molecular complexity index is 840. The molecule has 1 amide bonds. The Balaban J connectivity index is 1.72. The minimum absolute atomic E-state index is 0.124. The lowest BCUT2D eigenvalue weighted by molar-refractivity contribution is -0.386. The Morgan fingerprint density at radius 1 is 1.35 bits per heavy atom. The third kappa shape index (κ3) is 3.82. The number of hydrogen-bond donors (Lipinski definition) is 1. The van der Waals surface area contributed by atoms with Crippen molar-refractivity contribution in [3.8, 4) is 5.75 Å². The number of aryl methyl sites for hydroxylation is 1. The maximum absolute atomic E-state index is 13.4. The third-order valence-electron chi connectivity index (χ3n) is 4.48. The fourth-order valence-corrected chi connectivity index (χ4v) is 3.17. The summed E-state index contributed by atoms with van der Waals surface area (Å²) in [6.45, 7) is 1.48. The largest absolute Gasteiger partial charge is 0.474 e. The van der Waals surface area contributed by atoms with Crippen LogP contribution in [0.15, 0.2) is 42.5 Å². The van der Waals surface area contributed by atoms with Crippen LogP contribution in [-0.4, -0.2) is 16.9 Å². The summed E-state index contributed by atoms with van der Waals surface area (Å²) < 4.78 is 18.8. The van der Waals surface area contributed by atoms with Crippen molar-refractivity contribution >= 4 is 11.6 Å². The molecule has 0 fully saturated rings. The molecule has 26 heavy (non-hydrogen) atoms. The molecule has 1 aliphatic carbocycles. The smallest absolute Gasteiger partial charge is 0.311 e. The summed E-state index contributed by atoms with van der Waals surface area (Å²) >= 11 is 0. The van der Waals surface area contributed by atoms with Crippen molar-refractivity contribution in [3.05, 3.63) is 69.5 Å². The molecule has 1 N–H and O–H groups in total. The molecule has 0 heterocycles. The van der Waals surface area contributed by atoms with E-state index in [0.29, 0.717) is 0 Å². The van der Waals surface area contributed by atoms with Gasteiger partial charge in [0.2, 0.25) is 5.75 Å². The molecule has 136 valence electrons. The number of carbonyl (C=O) groups excluding carboxylic acids is 1. The zero-order valence-electron chi connectivity index (χ0n) is 14.3. The summed E-state index contributed by atoms with van der Waals surface area (Å²) in [5, 5.41) is 14.0. The number of rotatable bonds is 5. The second-order valence-electron chi connectivity index (χ2n) is 6.28. The second-order valence-corrected chi connectivity index (χ2v) is 6.28. The zero-order valence-corrected chi connectivity index (χ0v) is 14.3. The van der Waals surface area contributed by atoms with Crippen LogP contribution < -0.4 is 10.1 Å². The number of nitro groups is 1. The summed E-state index contributed by atoms with van der Waals surface area (Å²) in [6, 6.07) is 10.7. The molecule has 7 heteroatoms. The molecule has 0 unspecified atom stereocenters. The van der Waals surface area contributed by atoms with E-state index in [0.717, 1.165) is 43.0 Å². The summed E-state index contributed by atoms with van der Waals surface area (Å²) in [5.41, 5.74) is 1.91. The Kier molecular flexibility index (Phi) is 5.16. The van der Waals surface area contributed by atoms with Gasteiger partial charge in [0.1, 0.15) is 5.82 Å². The van der Waals surface area contributed by atoms with Crippen LogP contribution in [0.5, 0.6) is 5.75 Å². The molecule has 0 aliphatic heterocycles. The first-order valence-corrected chi connectivity index (χ1v) is 8.44. The fourth-order valence-electron chi connectivity index (χ4n) is 3.17. The number of nitrogens with zero attached hydrogens (tertiary/aromatic N) is 1. The van der Waals surface area contributed by atoms with Crippen molar-refractivity contribution in [2.45, 2.75) is 38.3 Å². The van der Waals surface area contributed by atoms with Crippen molar-refractivity contribution in [2.75, 3.05) is 0 Å². The van der Waals surface area contributed by atoms with Crippen LogP contribution in [0.1, 0.15) is 36.9 Å². The average Bonchev–Trinajstić information content (AvgIpc) is 2.61. The van der Waals surface area contributed by atoms with Crippen LogP contribution >= 0.6 is 0 Å². The van der Waals surface area contributed by atoms with Gasteiger partial charge in [-0.15, -0.1) is 0 Å². The number of halogens is 1. The van der Waals surface area contributed by atoms with Crippen molar-refractivity contribution in [1.82, 2.24) is 5.32 Å². The summed E-state index contributed by atoms with van der Waals surface area (Å²) in [7, 11) is 0. The molecule has 0 aromatic heterocycles. The molecule has 0 saturated heterocycles. The van der Waals surface area contributed by atoms with Crippen LogP contribution in [0, 0.1) is 15.9 Å². The van der Waals surface area contributed by atoms with Gasteiger partial charge in [0.15, 0.2) is 6.10 Å². The molecule has 0 spiro atoms. The first-order chi connectivity index (χ1) is 12.5. The Morgan fingerprint density at radius 3 is 2.88 bits per heavy atom. The van der Waals surface area contributed by atoms with Crippen LogP contribution in [-0.2, 0) is 11.2 Å². The van der Waals surface area contributed by atoms with E-state index in [9.17, 15) is 19.3 Å². The van der Waals surface area contributed by atoms with Gasteiger partial charge >= 0.3 is 5.69 Å². The molecule has 2 aromatic carbocycles. The first kappa shape index (κ1) is 17.8. The number of nitrogens with one attached hydrogen (secondary N) is 1. The van der Waals surface area contributed by atoms with Crippen molar-refractivity contribution in [2.24, 2.45) is 0 Å². The van der Waals surface area contributed by atoms with Gasteiger partial charge in [-0.05, 0) is 43.4 Å². The highest BCUT2D eigenvalue weighted by Gasteiger charge is 2.26. The minimum atomic E-state index is -0.996. The van der Waals surface area contributed by atoms with Crippen molar-refractivity contribution in [3.63, 3.8) is 0 Å². The number of amides is 1. The fraction of sp³-hybridized carbons (Fsp3) is 0.316. The quantitative estimate of drug-likeness (QED) is 0.653. The average molecular weight is 358 g/mol. The molecule has 1 aliphatic rings. The molecule has 2 aromatic rings. The number of hydrogen-bond acceptors (Lipinski definition) is 4. The van der Waals surface area contributed by atoms with Gasteiger partial charge in [0.25, 0.3) is 5.91 Å². The van der Waals surface area contributed by atoms with E-state index in [1.54, 1.807) is 0 Å². The van der Waals surface area contributed by atoms with Crippen molar-refractivity contribution in [1.29, 1.82) is 0 Å². The topological polar surface area (TPSA) is 81.5 Å². The molecule has 0 bridgehead atoms. The normalized spacial score (nSPS) is 17.1. The maximum atomic E-state index is 13.4. The third-order valence-corrected chi connectivity index (χ3v) is 4.48. The molecule has 0 saturated carbocycles. The van der Waals surface area contributed by atoms with Crippen LogP contribution in [0.4, 0.5) is 10.1 Å². The van der Waals surface area contributed by atoms with Gasteiger partial charge in [-0.1, -0.05) is 24.3 Å². The number of ether oxygens (including phenoxy) is 1. The number of carbonyl (C=O) groups is 1. The number of fused-ring (bicyclic) bond motifs is 1. The van der Waals surface area contributed by atoms with E-state index in [4.69, 9.17) is 4.74 Å². The predicted molar refractivity (Wildman–Crippen MR) is 93.4 cm³/mol. The highest BCUT2D eigenvalue weighted by Crippen LogP contribution is 2.31. The molecular formula is C19H19FN2O4. The SMILES string of the molecule is C[C@@H](Oc1cc(F)ccc1[N+](=O)[O-])C(=O)N[C@H]1CCCc2ccccc21. The van der Waals surface area contributed by atoms with Gasteiger partial charge in [0.05, 0.1) is 11.0 Å². The highest BCUT2D eigenvalue weighted by atomic mass is 19.1. The van der Waals surface area contributed by atoms with Crippen LogP contribution in [0.3, 0.4) is 0 Å². The summed E-state index contributed by atoms with van der Waals surface area (Å²) in [4.78, 5) is 22.9. The molecular weight excluding hydrogens is 339 g/mol. The summed E-state index contributed by atoms with van der Waals surface area (Å²) in [6.07, 6.45) is 1.76. The summed E-state index contributed by atoms with van der Waals surface area (Å²) in [5.74, 6) is -1.33. The molecule has 0 radical (unpaired) electrons. The van der Waals surface area contributed by atoms with Crippen molar-refractivity contribution < 1.29 is 18.8 Å². The van der Waals surface area contributed by atoms with E-state index >= 15 is 0 Å². The van der Waals surface area contributed by atoms with Crippen LogP contribution in [0.25, 0.3) is 0 Å². The molecule has 3 rings (SSSR count). The highest BCUT2D eigenvalue weighted by molar-refractivity contribution is 5.81. The van der Waals surface area contributed by atoms with Crippen LogP contribution in [0.2, 0.25) is 0 Å². The van der Waals surface area contributed by atoms with Gasteiger partial charge in [-0.2, -0.15) is 0 Å². The van der Waals surface area contributed by atoms with E-state index in [1.807, 2.05) is 24.3 Å². The Morgan fingerprint density at radius 2 is 2.12 bits per heavy atom. The van der Waals surface area contributed by atoms with Gasteiger partial charge in [-0.3, -0.25) is 14.9 Å². The Labute approximate surface area is 150 Å². The van der Waals surface area contributed by atoms with Gasteiger partial charge < -0.3 is 10.1 Å². The number of nitro benzene ring substituents is 1. The van der Waals surface area contributed by atoms with E-state index in [2.05, 4.69) is 5.32 Å². The maximum Gasteiger partial charge on any atom is 0.311 e. The Hall–Kier alpha value is -2.96. The van der Waals surface area contributed by atoms with E-state index < -0.39 is 22.8 Å². The monoisotopic (exact) mass is 358 g/mol. The lowest BCUT2D eigenvalue weighted by atomic mass is 9.87.